The van der Waals surface area contributed by atoms with Crippen LogP contribution in [-0.4, -0.2) is 22.9 Å². The number of benzene rings is 2. The minimum atomic E-state index is -0.858. The first-order valence-electron chi connectivity index (χ1n) is 8.95. The Morgan fingerprint density at radius 1 is 1.04 bits per heavy atom. The zero-order valence-corrected chi connectivity index (χ0v) is 15.1. The molecule has 6 heteroatoms. The van der Waals surface area contributed by atoms with Crippen molar-refractivity contribution >= 4 is 29.2 Å². The second kappa shape index (κ2) is 8.03. The van der Waals surface area contributed by atoms with Gasteiger partial charge in [-0.25, -0.2) is 0 Å². The third-order valence-electron chi connectivity index (χ3n) is 4.65. The van der Waals surface area contributed by atoms with Crippen LogP contribution in [0.5, 0.6) is 0 Å². The maximum Gasteiger partial charge on any atom is 0.303 e. The lowest BCUT2D eigenvalue weighted by Crippen LogP contribution is -2.16. The van der Waals surface area contributed by atoms with Crippen LogP contribution < -0.4 is 10.6 Å². The first-order chi connectivity index (χ1) is 12.9. The molecule has 0 radical (unpaired) electrons. The van der Waals surface area contributed by atoms with Crippen molar-refractivity contribution in [3.63, 3.8) is 0 Å². The van der Waals surface area contributed by atoms with Crippen molar-refractivity contribution in [3.8, 4) is 0 Å². The fourth-order valence-electron chi connectivity index (χ4n) is 2.92. The number of aliphatic carboxylic acids is 1. The first kappa shape index (κ1) is 18.6. The molecule has 2 unspecified atom stereocenters. The van der Waals surface area contributed by atoms with E-state index in [1.807, 2.05) is 13.0 Å². The fourth-order valence-corrected chi connectivity index (χ4v) is 2.92. The van der Waals surface area contributed by atoms with Gasteiger partial charge in [-0.1, -0.05) is 25.1 Å². The molecule has 0 bridgehead atoms. The van der Waals surface area contributed by atoms with Gasteiger partial charge in [-0.15, -0.1) is 0 Å². The number of carboxylic acids is 1. The summed E-state index contributed by atoms with van der Waals surface area (Å²) in [7, 11) is 0. The zero-order chi connectivity index (χ0) is 19.4. The number of hydrogen-bond donors (Lipinski definition) is 3. The molecular weight excluding hydrogens is 344 g/mol. The van der Waals surface area contributed by atoms with Gasteiger partial charge in [-0.3, -0.25) is 14.4 Å². The standard InChI is InChI=1S/C21H22N2O4/c1-13-10-18(13)21(27)23-17-7-3-5-15(12-17)20(26)22-16-6-2-4-14(11-16)8-9-19(24)25/h2-7,11-13,18H,8-10H2,1H3,(H,22,26)(H,23,27)(H,24,25). The van der Waals surface area contributed by atoms with Gasteiger partial charge in [0.05, 0.1) is 0 Å². The van der Waals surface area contributed by atoms with E-state index in [1.54, 1.807) is 42.5 Å². The molecule has 27 heavy (non-hydrogen) atoms. The van der Waals surface area contributed by atoms with Crippen LogP contribution in [0.2, 0.25) is 0 Å². The summed E-state index contributed by atoms with van der Waals surface area (Å²) >= 11 is 0. The van der Waals surface area contributed by atoms with E-state index in [9.17, 15) is 14.4 Å². The maximum absolute atomic E-state index is 12.5. The predicted molar refractivity (Wildman–Crippen MR) is 103 cm³/mol. The van der Waals surface area contributed by atoms with Gasteiger partial charge < -0.3 is 15.7 Å². The Labute approximate surface area is 157 Å². The van der Waals surface area contributed by atoms with Crippen LogP contribution in [0.1, 0.15) is 35.7 Å². The summed E-state index contributed by atoms with van der Waals surface area (Å²) < 4.78 is 0. The lowest BCUT2D eigenvalue weighted by Gasteiger charge is -2.09. The monoisotopic (exact) mass is 366 g/mol. The Morgan fingerprint density at radius 3 is 2.37 bits per heavy atom. The summed E-state index contributed by atoms with van der Waals surface area (Å²) in [6, 6.07) is 13.9. The summed E-state index contributed by atoms with van der Waals surface area (Å²) in [5.74, 6) is -0.669. The van der Waals surface area contributed by atoms with Crippen molar-refractivity contribution in [3.05, 3.63) is 59.7 Å². The molecule has 2 amide bonds. The first-order valence-corrected chi connectivity index (χ1v) is 8.95. The summed E-state index contributed by atoms with van der Waals surface area (Å²) in [6.07, 6.45) is 1.35. The van der Waals surface area contributed by atoms with Crippen molar-refractivity contribution < 1.29 is 19.5 Å². The molecule has 0 spiro atoms. The Morgan fingerprint density at radius 2 is 1.70 bits per heavy atom. The molecule has 1 fully saturated rings. The van der Waals surface area contributed by atoms with Crippen molar-refractivity contribution in [2.24, 2.45) is 11.8 Å². The molecule has 3 rings (SSSR count). The van der Waals surface area contributed by atoms with Crippen molar-refractivity contribution in [2.45, 2.75) is 26.2 Å². The van der Waals surface area contributed by atoms with Crippen molar-refractivity contribution in [1.82, 2.24) is 0 Å². The average molecular weight is 366 g/mol. The van der Waals surface area contributed by atoms with Gasteiger partial charge in [-0.05, 0) is 54.7 Å². The maximum atomic E-state index is 12.5. The number of nitrogens with one attached hydrogen (secondary N) is 2. The highest BCUT2D eigenvalue weighted by Crippen LogP contribution is 2.38. The molecular formula is C21H22N2O4. The smallest absolute Gasteiger partial charge is 0.303 e. The number of amides is 2. The zero-order valence-electron chi connectivity index (χ0n) is 15.1. The number of carboxylic acid groups (broad SMARTS) is 1. The molecule has 1 saturated carbocycles. The number of aryl methyl sites for hydroxylation is 1. The second-order valence-corrected chi connectivity index (χ2v) is 6.94. The Kier molecular flexibility index (Phi) is 5.54. The molecule has 2 aromatic rings. The molecule has 6 nitrogen and oxygen atoms in total. The van der Waals surface area contributed by atoms with E-state index in [4.69, 9.17) is 5.11 Å². The quantitative estimate of drug-likeness (QED) is 0.698. The topological polar surface area (TPSA) is 95.5 Å². The van der Waals surface area contributed by atoms with Crippen LogP contribution in [-0.2, 0) is 16.0 Å². The van der Waals surface area contributed by atoms with Gasteiger partial charge in [0.1, 0.15) is 0 Å². The summed E-state index contributed by atoms with van der Waals surface area (Å²) in [4.78, 5) is 35.3. The van der Waals surface area contributed by atoms with Gasteiger partial charge in [0, 0.05) is 29.3 Å². The van der Waals surface area contributed by atoms with E-state index in [0.717, 1.165) is 12.0 Å². The van der Waals surface area contributed by atoms with Gasteiger partial charge in [-0.2, -0.15) is 0 Å². The molecule has 0 heterocycles. The highest BCUT2D eigenvalue weighted by Gasteiger charge is 2.39. The molecule has 3 N–H and O–H groups in total. The van der Waals surface area contributed by atoms with E-state index in [2.05, 4.69) is 10.6 Å². The van der Waals surface area contributed by atoms with E-state index in [1.165, 1.54) is 0 Å². The minimum Gasteiger partial charge on any atom is -0.481 e. The molecule has 1 aliphatic rings. The number of carbonyl (C=O) groups excluding carboxylic acids is 2. The summed E-state index contributed by atoms with van der Waals surface area (Å²) in [5.41, 5.74) is 2.48. The van der Waals surface area contributed by atoms with Crippen LogP contribution in [0.15, 0.2) is 48.5 Å². The highest BCUT2D eigenvalue weighted by molar-refractivity contribution is 6.05. The molecule has 1 aliphatic carbocycles. The number of hydrogen-bond acceptors (Lipinski definition) is 3. The van der Waals surface area contributed by atoms with Crippen molar-refractivity contribution in [1.29, 1.82) is 0 Å². The second-order valence-electron chi connectivity index (χ2n) is 6.94. The Bertz CT molecular complexity index is 878. The third kappa shape index (κ3) is 5.17. The molecule has 140 valence electrons. The largest absolute Gasteiger partial charge is 0.481 e. The van der Waals surface area contributed by atoms with Gasteiger partial charge in [0.25, 0.3) is 5.91 Å². The highest BCUT2D eigenvalue weighted by atomic mass is 16.4. The number of anilines is 2. The van der Waals surface area contributed by atoms with Crippen LogP contribution in [0.4, 0.5) is 11.4 Å². The normalized spacial score (nSPS) is 17.8. The molecule has 2 atom stereocenters. The van der Waals surface area contributed by atoms with E-state index < -0.39 is 5.97 Å². The van der Waals surface area contributed by atoms with Gasteiger partial charge in [0.15, 0.2) is 0 Å². The number of carbonyl (C=O) groups is 3. The average Bonchev–Trinajstić information content (AvgIpc) is 3.37. The SMILES string of the molecule is CC1CC1C(=O)Nc1cccc(C(=O)Nc2cccc(CCC(=O)O)c2)c1. The van der Waals surface area contributed by atoms with Crippen LogP contribution in [0.3, 0.4) is 0 Å². The lowest BCUT2D eigenvalue weighted by atomic mass is 10.1. The summed E-state index contributed by atoms with van der Waals surface area (Å²) in [5, 5.41) is 14.4. The van der Waals surface area contributed by atoms with Gasteiger partial charge >= 0.3 is 5.97 Å². The van der Waals surface area contributed by atoms with E-state index >= 15 is 0 Å². The fraction of sp³-hybridized carbons (Fsp3) is 0.286. The van der Waals surface area contributed by atoms with Gasteiger partial charge in [0.2, 0.25) is 5.91 Å². The van der Waals surface area contributed by atoms with Crippen LogP contribution in [0.25, 0.3) is 0 Å². The predicted octanol–water partition coefficient (Wildman–Crippen LogP) is 3.55. The molecule has 0 aliphatic heterocycles. The van der Waals surface area contributed by atoms with E-state index in [0.29, 0.717) is 29.3 Å². The van der Waals surface area contributed by atoms with E-state index in [-0.39, 0.29) is 24.2 Å². The summed E-state index contributed by atoms with van der Waals surface area (Å²) in [6.45, 7) is 2.04. The van der Waals surface area contributed by atoms with Crippen LogP contribution >= 0.6 is 0 Å². The Balaban J connectivity index is 1.64. The van der Waals surface area contributed by atoms with Crippen LogP contribution in [0, 0.1) is 11.8 Å². The molecule has 0 aromatic heterocycles. The molecule has 0 saturated heterocycles. The minimum absolute atomic E-state index is 0.00816. The van der Waals surface area contributed by atoms with Crippen molar-refractivity contribution in [2.75, 3.05) is 10.6 Å². The molecule has 2 aromatic carbocycles. The lowest BCUT2D eigenvalue weighted by molar-refractivity contribution is -0.137. The number of rotatable bonds is 7. The Hall–Kier alpha value is -3.15. The third-order valence-corrected chi connectivity index (χ3v) is 4.65.